The number of amides is 1. The smallest absolute Gasteiger partial charge is 0.243 e. The maximum Gasteiger partial charge on any atom is 0.243 e. The third-order valence-electron chi connectivity index (χ3n) is 5.00. The van der Waals surface area contributed by atoms with E-state index in [1.807, 2.05) is 50.2 Å². The van der Waals surface area contributed by atoms with E-state index in [0.717, 1.165) is 22.4 Å². The van der Waals surface area contributed by atoms with Crippen molar-refractivity contribution in [1.29, 1.82) is 0 Å². The van der Waals surface area contributed by atoms with Crippen molar-refractivity contribution in [2.24, 2.45) is 5.92 Å². The first-order valence-corrected chi connectivity index (χ1v) is 10.7. The lowest BCUT2D eigenvalue weighted by atomic mass is 9.98. The van der Waals surface area contributed by atoms with Crippen LogP contribution in [0, 0.1) is 26.7 Å². The lowest BCUT2D eigenvalue weighted by Gasteiger charge is -2.31. The summed E-state index contributed by atoms with van der Waals surface area (Å²) >= 11 is 0. The van der Waals surface area contributed by atoms with E-state index in [2.05, 4.69) is 5.32 Å². The van der Waals surface area contributed by atoms with Gasteiger partial charge in [-0.05, 0) is 68.5 Å². The molecule has 1 N–H and O–H groups in total. The van der Waals surface area contributed by atoms with Gasteiger partial charge in [-0.3, -0.25) is 4.79 Å². The largest absolute Gasteiger partial charge is 0.326 e. The van der Waals surface area contributed by atoms with Gasteiger partial charge in [-0.25, -0.2) is 8.42 Å². The van der Waals surface area contributed by atoms with E-state index in [1.54, 1.807) is 13.0 Å². The molecule has 3 rings (SSSR count). The SMILES string of the molecule is Cc1cccc(NC(=O)[C@@H]2CCCN(S(=O)(=O)c3cc(C)ccc3C)C2)c1. The Bertz CT molecular complexity index is 954. The van der Waals surface area contributed by atoms with Crippen LogP contribution >= 0.6 is 0 Å². The van der Waals surface area contributed by atoms with Gasteiger partial charge in [0.25, 0.3) is 0 Å². The summed E-state index contributed by atoms with van der Waals surface area (Å²) in [6.45, 7) is 6.32. The third kappa shape index (κ3) is 4.39. The van der Waals surface area contributed by atoms with Gasteiger partial charge in [0.05, 0.1) is 10.8 Å². The van der Waals surface area contributed by atoms with E-state index >= 15 is 0 Å². The van der Waals surface area contributed by atoms with E-state index < -0.39 is 10.0 Å². The van der Waals surface area contributed by atoms with E-state index in [-0.39, 0.29) is 18.4 Å². The second kappa shape index (κ2) is 7.82. The predicted octanol–water partition coefficient (Wildman–Crippen LogP) is 3.65. The lowest BCUT2D eigenvalue weighted by Crippen LogP contribution is -2.43. The maximum atomic E-state index is 13.1. The Hall–Kier alpha value is -2.18. The van der Waals surface area contributed by atoms with Crippen molar-refractivity contribution in [3.8, 4) is 0 Å². The number of rotatable bonds is 4. The van der Waals surface area contributed by atoms with E-state index in [0.29, 0.717) is 24.3 Å². The Morgan fingerprint density at radius 2 is 1.81 bits per heavy atom. The van der Waals surface area contributed by atoms with Gasteiger partial charge in [0.2, 0.25) is 15.9 Å². The van der Waals surface area contributed by atoms with Gasteiger partial charge >= 0.3 is 0 Å². The van der Waals surface area contributed by atoms with Gasteiger partial charge in [0.1, 0.15) is 0 Å². The van der Waals surface area contributed by atoms with Crippen LogP contribution in [0.5, 0.6) is 0 Å². The number of piperidine rings is 1. The fraction of sp³-hybridized carbons (Fsp3) is 0.381. The number of carbonyl (C=O) groups excluding carboxylic acids is 1. The van der Waals surface area contributed by atoms with Gasteiger partial charge in [-0.2, -0.15) is 4.31 Å². The van der Waals surface area contributed by atoms with Crippen LogP contribution in [0.2, 0.25) is 0 Å². The summed E-state index contributed by atoms with van der Waals surface area (Å²) in [7, 11) is -3.61. The topological polar surface area (TPSA) is 66.5 Å². The molecule has 5 nitrogen and oxygen atoms in total. The summed E-state index contributed by atoms with van der Waals surface area (Å²) in [6.07, 6.45) is 1.37. The number of hydrogen-bond donors (Lipinski definition) is 1. The lowest BCUT2D eigenvalue weighted by molar-refractivity contribution is -0.120. The molecule has 0 unspecified atom stereocenters. The second-order valence-electron chi connectivity index (χ2n) is 7.33. The molecule has 0 saturated carbocycles. The summed E-state index contributed by atoms with van der Waals surface area (Å²) < 4.78 is 27.7. The average Bonchev–Trinajstić information content (AvgIpc) is 2.63. The molecule has 1 aliphatic rings. The monoisotopic (exact) mass is 386 g/mol. The van der Waals surface area contributed by atoms with Crippen LogP contribution in [0.3, 0.4) is 0 Å². The molecule has 0 bridgehead atoms. The summed E-state index contributed by atoms with van der Waals surface area (Å²) in [5.41, 5.74) is 3.45. The molecule has 0 radical (unpaired) electrons. The van der Waals surface area contributed by atoms with Crippen molar-refractivity contribution in [2.75, 3.05) is 18.4 Å². The van der Waals surface area contributed by atoms with Gasteiger partial charge in [-0.15, -0.1) is 0 Å². The molecule has 1 aliphatic heterocycles. The Labute approximate surface area is 161 Å². The molecule has 1 fully saturated rings. The van der Waals surface area contributed by atoms with Crippen molar-refractivity contribution in [3.05, 3.63) is 59.2 Å². The van der Waals surface area contributed by atoms with E-state index in [4.69, 9.17) is 0 Å². The van der Waals surface area contributed by atoms with Crippen molar-refractivity contribution >= 4 is 21.6 Å². The molecule has 1 atom stereocenters. The summed E-state index contributed by atoms with van der Waals surface area (Å²) in [5, 5.41) is 2.92. The minimum Gasteiger partial charge on any atom is -0.326 e. The first-order chi connectivity index (χ1) is 12.8. The Kier molecular flexibility index (Phi) is 5.67. The molecular weight excluding hydrogens is 360 g/mol. The first kappa shape index (κ1) is 19.6. The molecule has 1 heterocycles. The number of benzene rings is 2. The van der Waals surface area contributed by atoms with Crippen molar-refractivity contribution < 1.29 is 13.2 Å². The molecule has 1 saturated heterocycles. The molecule has 0 spiro atoms. The van der Waals surface area contributed by atoms with Crippen LogP contribution in [0.1, 0.15) is 29.5 Å². The number of anilines is 1. The molecular formula is C21H26N2O3S. The molecule has 0 aromatic heterocycles. The summed E-state index contributed by atoms with van der Waals surface area (Å²) in [5.74, 6) is -0.472. The summed E-state index contributed by atoms with van der Waals surface area (Å²) in [4.78, 5) is 13.0. The first-order valence-electron chi connectivity index (χ1n) is 9.22. The fourth-order valence-corrected chi connectivity index (χ4v) is 5.30. The molecule has 144 valence electrons. The van der Waals surface area contributed by atoms with Crippen LogP contribution < -0.4 is 5.32 Å². The van der Waals surface area contributed by atoms with Gasteiger partial charge in [-0.1, -0.05) is 24.3 Å². The van der Waals surface area contributed by atoms with Crippen LogP contribution in [-0.4, -0.2) is 31.7 Å². The zero-order chi connectivity index (χ0) is 19.6. The number of carbonyl (C=O) groups is 1. The van der Waals surface area contributed by atoms with E-state index in [9.17, 15) is 13.2 Å². The van der Waals surface area contributed by atoms with E-state index in [1.165, 1.54) is 4.31 Å². The van der Waals surface area contributed by atoms with Gasteiger partial charge < -0.3 is 5.32 Å². The number of aryl methyl sites for hydroxylation is 3. The average molecular weight is 387 g/mol. The zero-order valence-electron chi connectivity index (χ0n) is 16.0. The van der Waals surface area contributed by atoms with Crippen LogP contribution in [0.25, 0.3) is 0 Å². The molecule has 27 heavy (non-hydrogen) atoms. The van der Waals surface area contributed by atoms with Crippen LogP contribution in [0.15, 0.2) is 47.4 Å². The zero-order valence-corrected chi connectivity index (χ0v) is 16.8. The van der Waals surface area contributed by atoms with Crippen LogP contribution in [-0.2, 0) is 14.8 Å². The predicted molar refractivity (Wildman–Crippen MR) is 107 cm³/mol. The Morgan fingerprint density at radius 1 is 1.07 bits per heavy atom. The normalized spacial score (nSPS) is 18.3. The Morgan fingerprint density at radius 3 is 2.56 bits per heavy atom. The number of hydrogen-bond acceptors (Lipinski definition) is 3. The second-order valence-corrected chi connectivity index (χ2v) is 9.24. The molecule has 2 aromatic rings. The highest BCUT2D eigenvalue weighted by atomic mass is 32.2. The standard InChI is InChI=1S/C21H26N2O3S/c1-15-6-4-8-19(12-15)22-21(24)18-7-5-11-23(14-18)27(25,26)20-13-16(2)9-10-17(20)3/h4,6,8-10,12-13,18H,5,7,11,14H2,1-3H3,(H,22,24)/t18-/m1/s1. The number of sulfonamides is 1. The quantitative estimate of drug-likeness (QED) is 0.872. The minimum atomic E-state index is -3.61. The number of nitrogens with one attached hydrogen (secondary N) is 1. The molecule has 1 amide bonds. The van der Waals surface area contributed by atoms with Gasteiger partial charge in [0, 0.05) is 18.8 Å². The minimum absolute atomic E-state index is 0.124. The van der Waals surface area contributed by atoms with Crippen molar-refractivity contribution in [3.63, 3.8) is 0 Å². The van der Waals surface area contributed by atoms with Crippen molar-refractivity contribution in [1.82, 2.24) is 4.31 Å². The molecule has 2 aromatic carbocycles. The highest BCUT2D eigenvalue weighted by Gasteiger charge is 2.34. The third-order valence-corrected chi connectivity index (χ3v) is 7.01. The highest BCUT2D eigenvalue weighted by Crippen LogP contribution is 2.27. The van der Waals surface area contributed by atoms with Gasteiger partial charge in [0.15, 0.2) is 0 Å². The Balaban J connectivity index is 1.77. The molecule has 6 heteroatoms. The molecule has 0 aliphatic carbocycles. The summed E-state index contributed by atoms with van der Waals surface area (Å²) in [6, 6.07) is 13.1. The van der Waals surface area contributed by atoms with Crippen LogP contribution in [0.4, 0.5) is 5.69 Å². The number of nitrogens with zero attached hydrogens (tertiary/aromatic N) is 1. The highest BCUT2D eigenvalue weighted by molar-refractivity contribution is 7.89. The maximum absolute atomic E-state index is 13.1. The van der Waals surface area contributed by atoms with Crippen molar-refractivity contribution in [2.45, 2.75) is 38.5 Å². The fourth-order valence-electron chi connectivity index (χ4n) is 3.47.